The van der Waals surface area contributed by atoms with Crippen LogP contribution in [0.25, 0.3) is 0 Å². The van der Waals surface area contributed by atoms with E-state index in [1.165, 1.54) is 4.90 Å². The van der Waals surface area contributed by atoms with Crippen molar-refractivity contribution in [2.45, 2.75) is 70.2 Å². The van der Waals surface area contributed by atoms with Gasteiger partial charge in [0.25, 0.3) is 0 Å². The summed E-state index contributed by atoms with van der Waals surface area (Å²) in [7, 11) is 1.62. The van der Waals surface area contributed by atoms with Crippen LogP contribution in [0.4, 0.5) is 0 Å². The van der Waals surface area contributed by atoms with Crippen LogP contribution in [0.15, 0.2) is 42.7 Å². The van der Waals surface area contributed by atoms with Gasteiger partial charge in [0.2, 0.25) is 11.8 Å². The van der Waals surface area contributed by atoms with Crippen molar-refractivity contribution >= 4 is 17.8 Å². The number of carbonyl (C=O) groups excluding carboxylic acids is 2. The third-order valence-corrected chi connectivity index (χ3v) is 7.44. The Bertz CT molecular complexity index is 1210. The summed E-state index contributed by atoms with van der Waals surface area (Å²) in [5, 5.41) is 15.0. The zero-order valence-electron chi connectivity index (χ0n) is 22.0. The Labute approximate surface area is 217 Å². The van der Waals surface area contributed by atoms with Gasteiger partial charge in [0.1, 0.15) is 17.1 Å². The largest absolute Gasteiger partial charge is 0.497 e. The molecule has 1 saturated heterocycles. The number of rotatable bonds is 6. The topological polar surface area (TPSA) is 117 Å². The monoisotopic (exact) mass is 505 g/mol. The average molecular weight is 506 g/mol. The van der Waals surface area contributed by atoms with E-state index in [4.69, 9.17) is 14.9 Å². The minimum atomic E-state index is -0.490. The molecule has 1 aromatic carbocycles. The quantitative estimate of drug-likeness (QED) is 0.551. The van der Waals surface area contributed by atoms with Crippen LogP contribution >= 0.6 is 0 Å². The molecule has 37 heavy (non-hydrogen) atoms. The number of aromatic nitrogens is 1. The first-order valence-corrected chi connectivity index (χ1v) is 12.7. The van der Waals surface area contributed by atoms with Gasteiger partial charge in [-0.05, 0) is 63.8 Å². The highest BCUT2D eigenvalue weighted by atomic mass is 16.5. The second-order valence-electron chi connectivity index (χ2n) is 11.6. The van der Waals surface area contributed by atoms with E-state index in [0.717, 1.165) is 11.1 Å². The van der Waals surface area contributed by atoms with Gasteiger partial charge in [-0.3, -0.25) is 24.9 Å². The number of carbonyl (C=O) groups is 2. The highest BCUT2D eigenvalue weighted by Gasteiger charge is 2.53. The predicted octanol–water partition coefficient (Wildman–Crippen LogP) is 3.72. The fourth-order valence-electron chi connectivity index (χ4n) is 5.68. The summed E-state index contributed by atoms with van der Waals surface area (Å²) in [6, 6.07) is 8.78. The smallest absolute Gasteiger partial charge is 0.232 e. The molecule has 1 aliphatic carbocycles. The van der Waals surface area contributed by atoms with Gasteiger partial charge in [0, 0.05) is 48.3 Å². The molecule has 5 rings (SSSR count). The van der Waals surface area contributed by atoms with Gasteiger partial charge in [0.15, 0.2) is 5.96 Å². The molecule has 2 aliphatic heterocycles. The number of pyridine rings is 1. The standard InChI is InChI=1S/C28H35N5O4/c1-27(2)14-23(34)33(26(29)32-27)24(16-7-6-10-30-15-16)19-12-20(19)25(35)31-21-13-28(3,4)37-22-11-17(36-5)8-9-18(21)22/h6-11,15,19-21,24H,12-14H2,1-5H3,(H2,29,32)(H,31,35)/t19-,20-,21?,24?/m1/s1. The highest BCUT2D eigenvalue weighted by Crippen LogP contribution is 2.51. The van der Waals surface area contributed by atoms with Crippen LogP contribution in [-0.2, 0) is 9.59 Å². The molecule has 9 nitrogen and oxygen atoms in total. The molecule has 0 radical (unpaired) electrons. The molecule has 9 heteroatoms. The summed E-state index contributed by atoms with van der Waals surface area (Å²) in [4.78, 5) is 32.5. The summed E-state index contributed by atoms with van der Waals surface area (Å²) >= 11 is 0. The molecule has 2 unspecified atom stereocenters. The van der Waals surface area contributed by atoms with Crippen LogP contribution in [-0.4, -0.2) is 45.9 Å². The molecule has 196 valence electrons. The number of ether oxygens (including phenoxy) is 2. The van der Waals surface area contributed by atoms with Crippen molar-refractivity contribution < 1.29 is 19.1 Å². The average Bonchev–Trinajstić information content (AvgIpc) is 3.60. The van der Waals surface area contributed by atoms with Gasteiger partial charge in [0.05, 0.1) is 19.2 Å². The SMILES string of the molecule is COc1ccc2c(c1)OC(C)(C)CC2NC(=O)[C@@H]1C[C@H]1C(c1cccnc1)N1C(=N)NC(C)(C)CC1=O. The van der Waals surface area contributed by atoms with E-state index in [9.17, 15) is 9.59 Å². The number of amides is 2. The highest BCUT2D eigenvalue weighted by molar-refractivity contribution is 5.99. The van der Waals surface area contributed by atoms with Crippen molar-refractivity contribution in [1.29, 1.82) is 5.41 Å². The van der Waals surface area contributed by atoms with E-state index >= 15 is 0 Å². The lowest BCUT2D eigenvalue weighted by Crippen LogP contribution is -2.60. The van der Waals surface area contributed by atoms with Crippen molar-refractivity contribution in [2.75, 3.05) is 7.11 Å². The number of hydrogen-bond donors (Lipinski definition) is 3. The lowest BCUT2D eigenvalue weighted by atomic mass is 9.89. The van der Waals surface area contributed by atoms with Gasteiger partial charge in [-0.2, -0.15) is 0 Å². The number of hydrogen-bond acceptors (Lipinski definition) is 6. The molecule has 2 amide bonds. The lowest BCUT2D eigenvalue weighted by Gasteiger charge is -2.42. The van der Waals surface area contributed by atoms with E-state index in [0.29, 0.717) is 24.3 Å². The first kappa shape index (κ1) is 25.0. The van der Waals surface area contributed by atoms with Gasteiger partial charge in [-0.1, -0.05) is 6.07 Å². The molecular formula is C28H35N5O4. The van der Waals surface area contributed by atoms with Crippen LogP contribution in [0.3, 0.4) is 0 Å². The maximum Gasteiger partial charge on any atom is 0.232 e. The summed E-state index contributed by atoms with van der Waals surface area (Å²) in [5.41, 5.74) is 0.809. The number of methoxy groups -OCH3 is 1. The number of fused-ring (bicyclic) bond motifs is 1. The van der Waals surface area contributed by atoms with Gasteiger partial charge >= 0.3 is 0 Å². The maximum atomic E-state index is 13.5. The first-order chi connectivity index (χ1) is 17.5. The Morgan fingerprint density at radius 3 is 2.76 bits per heavy atom. The number of nitrogens with zero attached hydrogens (tertiary/aromatic N) is 2. The normalized spacial score (nSPS) is 26.3. The molecule has 2 fully saturated rings. The Morgan fingerprint density at radius 2 is 2.08 bits per heavy atom. The Kier molecular flexibility index (Phi) is 6.12. The minimum Gasteiger partial charge on any atom is -0.497 e. The van der Waals surface area contributed by atoms with Crippen LogP contribution in [0, 0.1) is 17.2 Å². The lowest BCUT2D eigenvalue weighted by molar-refractivity contribution is -0.133. The van der Waals surface area contributed by atoms with Gasteiger partial charge in [-0.15, -0.1) is 0 Å². The minimum absolute atomic E-state index is 0.0485. The molecular weight excluding hydrogens is 470 g/mol. The molecule has 3 heterocycles. The van der Waals surface area contributed by atoms with E-state index in [-0.39, 0.29) is 42.1 Å². The van der Waals surface area contributed by atoms with E-state index in [1.54, 1.807) is 19.5 Å². The number of guanidine groups is 1. The van der Waals surface area contributed by atoms with Gasteiger partial charge in [-0.25, -0.2) is 0 Å². The zero-order valence-corrected chi connectivity index (χ0v) is 22.0. The van der Waals surface area contributed by atoms with Gasteiger partial charge < -0.3 is 20.1 Å². The molecule has 2 aromatic rings. The molecule has 1 saturated carbocycles. The Morgan fingerprint density at radius 1 is 1.30 bits per heavy atom. The summed E-state index contributed by atoms with van der Waals surface area (Å²) in [6.45, 7) is 7.84. The second kappa shape index (κ2) is 9.04. The molecule has 1 aromatic heterocycles. The zero-order chi connectivity index (χ0) is 26.5. The van der Waals surface area contributed by atoms with Crippen molar-refractivity contribution in [2.24, 2.45) is 11.8 Å². The van der Waals surface area contributed by atoms with Crippen LogP contribution in [0.1, 0.15) is 70.2 Å². The predicted molar refractivity (Wildman–Crippen MR) is 138 cm³/mol. The molecule has 4 atom stereocenters. The van der Waals surface area contributed by atoms with Crippen molar-refractivity contribution in [1.82, 2.24) is 20.5 Å². The molecule has 0 spiro atoms. The van der Waals surface area contributed by atoms with Crippen LogP contribution in [0.5, 0.6) is 11.5 Å². The summed E-state index contributed by atoms with van der Waals surface area (Å²) in [5.74, 6) is 0.926. The summed E-state index contributed by atoms with van der Waals surface area (Å²) < 4.78 is 11.5. The number of benzene rings is 1. The van der Waals surface area contributed by atoms with Crippen molar-refractivity contribution in [3.05, 3.63) is 53.9 Å². The third-order valence-electron chi connectivity index (χ3n) is 7.44. The third kappa shape index (κ3) is 4.99. The maximum absolute atomic E-state index is 13.5. The molecule has 3 aliphatic rings. The van der Waals surface area contributed by atoms with E-state index in [2.05, 4.69) is 15.6 Å². The summed E-state index contributed by atoms with van der Waals surface area (Å²) in [6.07, 6.45) is 4.95. The Hall–Kier alpha value is -3.62. The van der Waals surface area contributed by atoms with E-state index < -0.39 is 17.2 Å². The first-order valence-electron chi connectivity index (χ1n) is 12.7. The Balaban J connectivity index is 1.37. The van der Waals surface area contributed by atoms with Crippen LogP contribution < -0.4 is 20.1 Å². The van der Waals surface area contributed by atoms with Crippen molar-refractivity contribution in [3.63, 3.8) is 0 Å². The fourth-order valence-corrected chi connectivity index (χ4v) is 5.68. The van der Waals surface area contributed by atoms with Crippen molar-refractivity contribution in [3.8, 4) is 11.5 Å². The number of nitrogens with one attached hydrogen (secondary N) is 3. The molecule has 3 N–H and O–H groups in total. The van der Waals surface area contributed by atoms with E-state index in [1.807, 2.05) is 58.0 Å². The molecule has 0 bridgehead atoms. The second-order valence-corrected chi connectivity index (χ2v) is 11.6. The van der Waals surface area contributed by atoms with Crippen LogP contribution in [0.2, 0.25) is 0 Å². The fraction of sp³-hybridized carbons (Fsp3) is 0.500.